The molecule has 1 N–H and O–H groups in total. The molecule has 0 saturated carbocycles. The predicted octanol–water partition coefficient (Wildman–Crippen LogP) is 2.98. The van der Waals surface area contributed by atoms with Crippen molar-refractivity contribution in [3.05, 3.63) is 59.6 Å². The molecule has 8 nitrogen and oxygen atoms in total. The molecule has 1 aliphatic heterocycles. The molecular formula is C19H20ClN7O. The van der Waals surface area contributed by atoms with E-state index >= 15 is 0 Å². The van der Waals surface area contributed by atoms with E-state index in [-0.39, 0.29) is 6.03 Å². The lowest BCUT2D eigenvalue weighted by Crippen LogP contribution is -2.50. The number of carbonyl (C=O) groups is 1. The zero-order valence-corrected chi connectivity index (χ0v) is 16.2. The Morgan fingerprint density at radius 1 is 1.11 bits per heavy atom. The third kappa shape index (κ3) is 3.77. The average Bonchev–Trinajstić information content (AvgIpc) is 3.27. The van der Waals surface area contributed by atoms with Crippen molar-refractivity contribution in [2.45, 2.75) is 6.92 Å². The average molecular weight is 398 g/mol. The van der Waals surface area contributed by atoms with Crippen LogP contribution in [0, 0.1) is 6.92 Å². The smallest absolute Gasteiger partial charge is 0.321 e. The first-order valence-corrected chi connectivity index (χ1v) is 9.37. The SMILES string of the molecule is Cc1c(Cl)cccc1NC(=O)N1CCN(c2cc(-n3cccn3)ncn2)CC1. The van der Waals surface area contributed by atoms with Crippen LogP contribution in [0.1, 0.15) is 5.56 Å². The number of aromatic nitrogens is 4. The highest BCUT2D eigenvalue weighted by Gasteiger charge is 2.23. The number of anilines is 2. The number of hydrogen-bond donors (Lipinski definition) is 1. The topological polar surface area (TPSA) is 79.2 Å². The van der Waals surface area contributed by atoms with Gasteiger partial charge in [-0.1, -0.05) is 17.7 Å². The molecule has 0 aliphatic carbocycles. The zero-order valence-electron chi connectivity index (χ0n) is 15.4. The maximum Gasteiger partial charge on any atom is 0.321 e. The van der Waals surface area contributed by atoms with Crippen LogP contribution in [0.5, 0.6) is 0 Å². The predicted molar refractivity (Wildman–Crippen MR) is 108 cm³/mol. The fourth-order valence-electron chi connectivity index (χ4n) is 3.12. The van der Waals surface area contributed by atoms with E-state index in [9.17, 15) is 4.79 Å². The third-order valence-corrected chi connectivity index (χ3v) is 5.19. The normalized spacial score (nSPS) is 14.2. The number of piperazine rings is 1. The van der Waals surface area contributed by atoms with Gasteiger partial charge in [0.15, 0.2) is 5.82 Å². The highest BCUT2D eigenvalue weighted by atomic mass is 35.5. The summed E-state index contributed by atoms with van der Waals surface area (Å²) >= 11 is 6.13. The van der Waals surface area contributed by atoms with Crippen molar-refractivity contribution in [2.24, 2.45) is 0 Å². The second-order valence-electron chi connectivity index (χ2n) is 6.50. The number of amides is 2. The standard InChI is InChI=1S/C19H20ClN7O/c1-14-15(20)4-2-5-16(14)24-19(28)26-10-8-25(9-11-26)17-12-18(22-13-21-17)27-7-3-6-23-27/h2-7,12-13H,8-11H2,1H3,(H,24,28). The highest BCUT2D eigenvalue weighted by molar-refractivity contribution is 6.31. The first-order chi connectivity index (χ1) is 13.6. The lowest BCUT2D eigenvalue weighted by atomic mass is 10.2. The summed E-state index contributed by atoms with van der Waals surface area (Å²) < 4.78 is 1.70. The molecule has 2 amide bonds. The minimum atomic E-state index is -0.120. The fraction of sp³-hybridized carbons (Fsp3) is 0.263. The number of rotatable bonds is 3. The Labute approximate surface area is 167 Å². The monoisotopic (exact) mass is 397 g/mol. The number of urea groups is 1. The summed E-state index contributed by atoms with van der Waals surface area (Å²) in [5.41, 5.74) is 1.60. The summed E-state index contributed by atoms with van der Waals surface area (Å²) in [5, 5.41) is 7.79. The Balaban J connectivity index is 1.39. The van der Waals surface area contributed by atoms with Crippen molar-refractivity contribution < 1.29 is 4.79 Å². The minimum absolute atomic E-state index is 0.120. The number of benzene rings is 1. The Kier molecular flexibility index (Phi) is 5.12. The third-order valence-electron chi connectivity index (χ3n) is 4.78. The first kappa shape index (κ1) is 18.2. The number of halogens is 1. The van der Waals surface area contributed by atoms with Crippen LogP contribution in [0.15, 0.2) is 49.1 Å². The van der Waals surface area contributed by atoms with Crippen LogP contribution in [-0.2, 0) is 0 Å². The number of carbonyl (C=O) groups excluding carboxylic acids is 1. The molecule has 1 fully saturated rings. The molecule has 1 saturated heterocycles. The van der Waals surface area contributed by atoms with Gasteiger partial charge in [-0.15, -0.1) is 0 Å². The molecule has 9 heteroatoms. The molecule has 1 aromatic carbocycles. The Morgan fingerprint density at radius 2 is 1.89 bits per heavy atom. The maximum atomic E-state index is 12.6. The molecule has 0 spiro atoms. The molecule has 28 heavy (non-hydrogen) atoms. The summed E-state index contributed by atoms with van der Waals surface area (Å²) in [6.45, 7) is 4.48. The van der Waals surface area contributed by atoms with Crippen molar-refractivity contribution in [3.8, 4) is 5.82 Å². The van der Waals surface area contributed by atoms with Gasteiger partial charge < -0.3 is 15.1 Å². The van der Waals surface area contributed by atoms with Gasteiger partial charge in [0.2, 0.25) is 0 Å². The molecule has 0 atom stereocenters. The minimum Gasteiger partial charge on any atom is -0.353 e. The second kappa shape index (κ2) is 7.85. The zero-order chi connectivity index (χ0) is 19.5. The van der Waals surface area contributed by atoms with E-state index in [1.165, 1.54) is 6.33 Å². The van der Waals surface area contributed by atoms with Crippen molar-refractivity contribution in [1.29, 1.82) is 0 Å². The van der Waals surface area contributed by atoms with E-state index in [0.29, 0.717) is 37.0 Å². The van der Waals surface area contributed by atoms with Gasteiger partial charge in [-0.25, -0.2) is 19.4 Å². The molecule has 144 valence electrons. The summed E-state index contributed by atoms with van der Waals surface area (Å²) in [4.78, 5) is 25.2. The van der Waals surface area contributed by atoms with Gasteiger partial charge in [0.1, 0.15) is 12.1 Å². The van der Waals surface area contributed by atoms with Gasteiger partial charge in [0.05, 0.1) is 0 Å². The molecule has 3 aromatic rings. The van der Waals surface area contributed by atoms with Gasteiger partial charge >= 0.3 is 6.03 Å². The maximum absolute atomic E-state index is 12.6. The van der Waals surface area contributed by atoms with E-state index in [1.54, 1.807) is 15.8 Å². The molecule has 0 radical (unpaired) electrons. The summed E-state index contributed by atoms with van der Waals surface area (Å²) in [6, 6.07) is 9.12. The van der Waals surface area contributed by atoms with Crippen LogP contribution in [0.25, 0.3) is 5.82 Å². The van der Waals surface area contributed by atoms with E-state index in [0.717, 1.165) is 17.1 Å². The molecule has 2 aromatic heterocycles. The highest BCUT2D eigenvalue weighted by Crippen LogP contribution is 2.23. The Morgan fingerprint density at radius 3 is 2.64 bits per heavy atom. The Hall–Kier alpha value is -3.13. The lowest BCUT2D eigenvalue weighted by molar-refractivity contribution is 0.208. The lowest BCUT2D eigenvalue weighted by Gasteiger charge is -2.35. The Bertz CT molecular complexity index is 968. The van der Waals surface area contributed by atoms with Gasteiger partial charge in [-0.2, -0.15) is 5.10 Å². The summed E-state index contributed by atoms with van der Waals surface area (Å²) in [7, 11) is 0. The van der Waals surface area contributed by atoms with E-state index < -0.39 is 0 Å². The van der Waals surface area contributed by atoms with Crippen molar-refractivity contribution in [1.82, 2.24) is 24.6 Å². The number of nitrogens with zero attached hydrogens (tertiary/aromatic N) is 6. The first-order valence-electron chi connectivity index (χ1n) is 9.00. The molecule has 1 aliphatic rings. The van der Waals surface area contributed by atoms with Crippen molar-refractivity contribution >= 4 is 29.1 Å². The van der Waals surface area contributed by atoms with Crippen LogP contribution in [0.3, 0.4) is 0 Å². The second-order valence-corrected chi connectivity index (χ2v) is 6.91. The molecule has 0 unspecified atom stereocenters. The van der Waals surface area contributed by atoms with Crippen LogP contribution in [-0.4, -0.2) is 56.9 Å². The summed E-state index contributed by atoms with van der Waals surface area (Å²) in [5.74, 6) is 1.54. The van der Waals surface area contributed by atoms with Crippen LogP contribution in [0.2, 0.25) is 5.02 Å². The molecular weight excluding hydrogens is 378 g/mol. The fourth-order valence-corrected chi connectivity index (χ4v) is 3.29. The van der Waals surface area contributed by atoms with E-state index in [1.807, 2.05) is 43.5 Å². The van der Waals surface area contributed by atoms with Gasteiger partial charge in [0.25, 0.3) is 0 Å². The molecule has 3 heterocycles. The molecule has 4 rings (SSSR count). The van der Waals surface area contributed by atoms with Crippen LogP contribution < -0.4 is 10.2 Å². The quantitative estimate of drug-likeness (QED) is 0.735. The molecule has 0 bridgehead atoms. The van der Waals surface area contributed by atoms with Crippen LogP contribution in [0.4, 0.5) is 16.3 Å². The van der Waals surface area contributed by atoms with Gasteiger partial charge in [0, 0.05) is 55.3 Å². The van der Waals surface area contributed by atoms with Crippen molar-refractivity contribution in [3.63, 3.8) is 0 Å². The number of hydrogen-bond acceptors (Lipinski definition) is 5. The van der Waals surface area contributed by atoms with E-state index in [4.69, 9.17) is 11.6 Å². The van der Waals surface area contributed by atoms with E-state index in [2.05, 4.69) is 25.3 Å². The van der Waals surface area contributed by atoms with Gasteiger partial charge in [-0.3, -0.25) is 0 Å². The summed E-state index contributed by atoms with van der Waals surface area (Å²) in [6.07, 6.45) is 5.08. The van der Waals surface area contributed by atoms with Crippen LogP contribution >= 0.6 is 11.6 Å². The van der Waals surface area contributed by atoms with Crippen molar-refractivity contribution in [2.75, 3.05) is 36.4 Å². The van der Waals surface area contributed by atoms with Gasteiger partial charge in [-0.05, 0) is 30.7 Å². The largest absolute Gasteiger partial charge is 0.353 e. The number of nitrogens with one attached hydrogen (secondary N) is 1.